The highest BCUT2D eigenvalue weighted by atomic mass is 16.5. The van der Waals surface area contributed by atoms with Crippen LogP contribution in [-0.4, -0.2) is 26.5 Å². The summed E-state index contributed by atoms with van der Waals surface area (Å²) < 4.78 is 7.19. The summed E-state index contributed by atoms with van der Waals surface area (Å²) in [6.07, 6.45) is 8.67. The van der Waals surface area contributed by atoms with Crippen LogP contribution in [0, 0.1) is 18.8 Å². The molecule has 1 saturated carbocycles. The summed E-state index contributed by atoms with van der Waals surface area (Å²) in [4.78, 5) is 4.27. The third kappa shape index (κ3) is 2.79. The summed E-state index contributed by atoms with van der Waals surface area (Å²) >= 11 is 0. The maximum Gasteiger partial charge on any atom is 0.257 e. The molecule has 1 fully saturated rings. The van der Waals surface area contributed by atoms with Crippen LogP contribution >= 0.6 is 0 Å². The Morgan fingerprint density at radius 2 is 1.96 bits per heavy atom. The van der Waals surface area contributed by atoms with E-state index >= 15 is 0 Å². The Hall–Kier alpha value is -2.63. The predicted octanol–water partition coefficient (Wildman–Crippen LogP) is 4.01. The van der Waals surface area contributed by atoms with Crippen molar-refractivity contribution >= 4 is 5.69 Å². The van der Waals surface area contributed by atoms with Gasteiger partial charge in [-0.2, -0.15) is 10.1 Å². The first-order valence-corrected chi connectivity index (χ1v) is 9.50. The fourth-order valence-electron chi connectivity index (χ4n) is 4.02. The lowest BCUT2D eigenvalue weighted by molar-refractivity contribution is 0.206. The van der Waals surface area contributed by atoms with Crippen molar-refractivity contribution in [2.45, 2.75) is 39.0 Å². The zero-order chi connectivity index (χ0) is 17.5. The van der Waals surface area contributed by atoms with Crippen LogP contribution < -0.4 is 5.32 Å². The van der Waals surface area contributed by atoms with Gasteiger partial charge >= 0.3 is 0 Å². The van der Waals surface area contributed by atoms with E-state index in [1.165, 1.54) is 37.1 Å². The molecule has 26 heavy (non-hydrogen) atoms. The predicted molar refractivity (Wildman–Crippen MR) is 99.2 cm³/mol. The molecule has 1 atom stereocenters. The Morgan fingerprint density at radius 3 is 2.65 bits per heavy atom. The van der Waals surface area contributed by atoms with Crippen molar-refractivity contribution < 1.29 is 4.52 Å². The first-order valence-electron chi connectivity index (χ1n) is 9.50. The highest BCUT2D eigenvalue weighted by Crippen LogP contribution is 2.37. The van der Waals surface area contributed by atoms with Crippen molar-refractivity contribution in [1.82, 2.24) is 19.9 Å². The van der Waals surface area contributed by atoms with E-state index in [9.17, 15) is 0 Å². The quantitative estimate of drug-likeness (QED) is 0.774. The molecule has 1 aliphatic carbocycles. The molecule has 1 aromatic carbocycles. The zero-order valence-corrected chi connectivity index (χ0v) is 15.0. The van der Waals surface area contributed by atoms with E-state index in [1.807, 2.05) is 35.9 Å². The molecule has 0 amide bonds. The smallest absolute Gasteiger partial charge is 0.257 e. The molecule has 134 valence electrons. The van der Waals surface area contributed by atoms with E-state index in [-0.39, 0.29) is 0 Å². The number of aromatic nitrogens is 4. The van der Waals surface area contributed by atoms with Gasteiger partial charge in [0.2, 0.25) is 0 Å². The Kier molecular flexibility index (Phi) is 3.76. The number of aryl methyl sites for hydroxylation is 2. The third-order valence-corrected chi connectivity index (χ3v) is 5.82. The van der Waals surface area contributed by atoms with Crippen LogP contribution in [0.1, 0.15) is 37.2 Å². The largest absolute Gasteiger partial charge is 0.382 e. The molecule has 0 spiro atoms. The molecular weight excluding hydrogens is 326 g/mol. The molecule has 1 unspecified atom stereocenters. The van der Waals surface area contributed by atoms with Gasteiger partial charge in [-0.25, -0.2) is 4.68 Å². The van der Waals surface area contributed by atoms with Crippen LogP contribution in [-0.2, 0) is 6.42 Å². The third-order valence-electron chi connectivity index (χ3n) is 5.82. The lowest BCUT2D eigenvalue weighted by Crippen LogP contribution is -2.27. The molecule has 0 radical (unpaired) electrons. The van der Waals surface area contributed by atoms with Crippen molar-refractivity contribution in [3.05, 3.63) is 42.0 Å². The fourth-order valence-corrected chi connectivity index (χ4v) is 4.02. The zero-order valence-electron chi connectivity index (χ0n) is 15.0. The first-order chi connectivity index (χ1) is 12.8. The van der Waals surface area contributed by atoms with Crippen molar-refractivity contribution in [2.75, 3.05) is 11.9 Å². The van der Waals surface area contributed by atoms with Crippen molar-refractivity contribution in [3.63, 3.8) is 0 Å². The van der Waals surface area contributed by atoms with E-state index in [0.29, 0.717) is 11.7 Å². The number of rotatable bonds is 3. The fraction of sp³-hybridized carbons (Fsp3) is 0.450. The molecule has 2 aliphatic rings. The summed E-state index contributed by atoms with van der Waals surface area (Å²) in [5.74, 6) is 2.93. The number of fused-ring (bicyclic) bond motifs is 1. The summed E-state index contributed by atoms with van der Waals surface area (Å²) in [6.45, 7) is 2.90. The number of nitrogens with zero attached hydrogens (tertiary/aromatic N) is 4. The van der Waals surface area contributed by atoms with Crippen LogP contribution in [0.3, 0.4) is 0 Å². The Bertz CT molecular complexity index is 881. The van der Waals surface area contributed by atoms with Crippen LogP contribution in [0.15, 0.2) is 35.0 Å². The SMILES string of the molecule is Cc1noc(-c2ccc(-n3cc4c(n3)CCC(C3CCC3)CN4)cc2)n1. The maximum absolute atomic E-state index is 5.23. The topological polar surface area (TPSA) is 68.8 Å². The molecule has 5 rings (SSSR count). The van der Waals surface area contributed by atoms with Gasteiger partial charge in [-0.05, 0) is 55.9 Å². The van der Waals surface area contributed by atoms with E-state index in [0.717, 1.165) is 36.1 Å². The van der Waals surface area contributed by atoms with Crippen LogP contribution in [0.4, 0.5) is 5.69 Å². The van der Waals surface area contributed by atoms with E-state index in [2.05, 4.69) is 21.7 Å². The molecule has 0 saturated heterocycles. The van der Waals surface area contributed by atoms with Gasteiger partial charge in [0.1, 0.15) is 0 Å². The monoisotopic (exact) mass is 349 g/mol. The van der Waals surface area contributed by atoms with Gasteiger partial charge in [-0.1, -0.05) is 24.4 Å². The highest BCUT2D eigenvalue weighted by molar-refractivity contribution is 5.56. The Morgan fingerprint density at radius 1 is 1.12 bits per heavy atom. The van der Waals surface area contributed by atoms with Gasteiger partial charge in [0.05, 0.1) is 23.3 Å². The molecule has 1 N–H and O–H groups in total. The minimum absolute atomic E-state index is 0.550. The molecule has 6 heteroatoms. The van der Waals surface area contributed by atoms with E-state index in [4.69, 9.17) is 9.62 Å². The lowest BCUT2D eigenvalue weighted by atomic mass is 9.74. The van der Waals surface area contributed by atoms with Crippen molar-refractivity contribution in [2.24, 2.45) is 11.8 Å². The Labute approximate surface area is 152 Å². The molecule has 0 bridgehead atoms. The molecule has 2 aromatic heterocycles. The second-order valence-electron chi connectivity index (χ2n) is 7.50. The minimum Gasteiger partial charge on any atom is -0.382 e. The van der Waals surface area contributed by atoms with Crippen molar-refractivity contribution in [3.8, 4) is 17.1 Å². The second kappa shape index (κ2) is 6.27. The molecule has 6 nitrogen and oxygen atoms in total. The number of anilines is 1. The number of hydrogen-bond donors (Lipinski definition) is 1. The lowest BCUT2D eigenvalue weighted by Gasteiger charge is -2.33. The summed E-state index contributed by atoms with van der Waals surface area (Å²) in [5.41, 5.74) is 4.33. The normalized spacial score (nSPS) is 20.1. The van der Waals surface area contributed by atoms with Crippen LogP contribution in [0.2, 0.25) is 0 Å². The van der Waals surface area contributed by atoms with Gasteiger partial charge in [0, 0.05) is 12.1 Å². The molecule has 1 aliphatic heterocycles. The van der Waals surface area contributed by atoms with Crippen LogP contribution in [0.25, 0.3) is 17.1 Å². The average molecular weight is 349 g/mol. The van der Waals surface area contributed by atoms with E-state index < -0.39 is 0 Å². The van der Waals surface area contributed by atoms with Crippen LogP contribution in [0.5, 0.6) is 0 Å². The second-order valence-corrected chi connectivity index (χ2v) is 7.50. The Balaban J connectivity index is 1.34. The molecule has 3 aromatic rings. The van der Waals surface area contributed by atoms with E-state index in [1.54, 1.807) is 0 Å². The van der Waals surface area contributed by atoms with Crippen molar-refractivity contribution in [1.29, 1.82) is 0 Å². The summed E-state index contributed by atoms with van der Waals surface area (Å²) in [5, 5.41) is 12.3. The highest BCUT2D eigenvalue weighted by Gasteiger charge is 2.29. The number of benzene rings is 1. The van der Waals surface area contributed by atoms with Gasteiger partial charge < -0.3 is 9.84 Å². The first kappa shape index (κ1) is 15.6. The van der Waals surface area contributed by atoms with Gasteiger partial charge in [-0.3, -0.25) is 0 Å². The standard InChI is InChI=1S/C20H23N5O/c1-13-22-20(26-24-13)15-5-8-17(9-6-15)25-12-19-18(23-25)10-7-16(11-21-19)14-3-2-4-14/h5-6,8-9,12,14,16,21H,2-4,7,10-11H2,1H3. The number of nitrogens with one attached hydrogen (secondary N) is 1. The summed E-state index contributed by atoms with van der Waals surface area (Å²) in [7, 11) is 0. The van der Waals surface area contributed by atoms with Gasteiger partial charge in [0.15, 0.2) is 5.82 Å². The average Bonchev–Trinajstić information content (AvgIpc) is 3.18. The number of hydrogen-bond acceptors (Lipinski definition) is 5. The van der Waals surface area contributed by atoms with Gasteiger partial charge in [-0.15, -0.1) is 0 Å². The van der Waals surface area contributed by atoms with Gasteiger partial charge in [0.25, 0.3) is 5.89 Å². The maximum atomic E-state index is 5.23. The summed E-state index contributed by atoms with van der Waals surface area (Å²) in [6, 6.07) is 8.07. The molecule has 3 heterocycles. The minimum atomic E-state index is 0.550. The molecular formula is C20H23N5O.